The first-order chi connectivity index (χ1) is 12.9. The summed E-state index contributed by atoms with van der Waals surface area (Å²) < 4.78 is 5.57. The van der Waals surface area contributed by atoms with E-state index in [-0.39, 0.29) is 47.2 Å². The van der Waals surface area contributed by atoms with E-state index in [2.05, 4.69) is 11.9 Å². The summed E-state index contributed by atoms with van der Waals surface area (Å²) in [4.78, 5) is 40.6. The number of likely N-dealkylation sites (tertiary alicyclic amines) is 1. The van der Waals surface area contributed by atoms with Gasteiger partial charge in [0.05, 0.1) is 18.2 Å². The van der Waals surface area contributed by atoms with E-state index in [1.54, 1.807) is 32.1 Å². The van der Waals surface area contributed by atoms with Crippen LogP contribution in [0, 0.1) is 22.7 Å². The molecule has 0 bridgehead atoms. The molecular weight excluding hydrogens is 356 g/mol. The van der Waals surface area contributed by atoms with Crippen molar-refractivity contribution < 1.29 is 19.1 Å². The third kappa shape index (κ3) is 3.94. The second kappa shape index (κ2) is 8.07. The van der Waals surface area contributed by atoms with Crippen molar-refractivity contribution in [1.29, 1.82) is 0 Å². The van der Waals surface area contributed by atoms with Crippen LogP contribution in [0.15, 0.2) is 12.7 Å². The molecule has 0 spiro atoms. The highest BCUT2D eigenvalue weighted by molar-refractivity contribution is 5.97. The number of allylic oxidation sites excluding steroid dienone is 1. The highest BCUT2D eigenvalue weighted by Gasteiger charge is 2.59. The van der Waals surface area contributed by atoms with Gasteiger partial charge in [-0.1, -0.05) is 33.8 Å². The van der Waals surface area contributed by atoms with Gasteiger partial charge in [-0.15, -0.1) is 6.58 Å². The first-order valence-electron chi connectivity index (χ1n) is 10.1. The number of rotatable bonds is 8. The minimum absolute atomic E-state index is 0.0281. The lowest BCUT2D eigenvalue weighted by Crippen LogP contribution is -2.55. The summed E-state index contributed by atoms with van der Waals surface area (Å²) in [6.07, 6.45) is 2.40. The second-order valence-corrected chi connectivity index (χ2v) is 9.56. The van der Waals surface area contributed by atoms with Crippen molar-refractivity contribution in [3.8, 4) is 0 Å². The van der Waals surface area contributed by atoms with Gasteiger partial charge in [0.25, 0.3) is 0 Å². The van der Waals surface area contributed by atoms with Gasteiger partial charge in [-0.3, -0.25) is 14.4 Å². The maximum Gasteiger partial charge on any atom is 0.240 e. The lowest BCUT2D eigenvalue weighted by molar-refractivity contribution is -0.142. The molecule has 1 saturated carbocycles. The van der Waals surface area contributed by atoms with Gasteiger partial charge >= 0.3 is 0 Å². The van der Waals surface area contributed by atoms with Crippen molar-refractivity contribution in [2.24, 2.45) is 22.7 Å². The van der Waals surface area contributed by atoms with Crippen molar-refractivity contribution in [3.05, 3.63) is 12.7 Å². The Bertz CT molecular complexity index is 653. The largest absolute Gasteiger partial charge is 0.379 e. The fourth-order valence-corrected chi connectivity index (χ4v) is 4.83. The van der Waals surface area contributed by atoms with Crippen molar-refractivity contribution in [2.45, 2.75) is 65.6 Å². The molecule has 0 radical (unpaired) electrons. The molecule has 0 aromatic heterocycles. The van der Waals surface area contributed by atoms with Gasteiger partial charge in [0.1, 0.15) is 5.78 Å². The SMILES string of the molecule is C=C[C@@H]1C[C@]1(CC(=O)[C@@H]1[C@@H](C)[C@@H](OC)CN1C(=O)[C@@H](NC)C(C)(C)C)C(C)=O. The van der Waals surface area contributed by atoms with E-state index < -0.39 is 17.5 Å². The molecule has 0 aromatic carbocycles. The van der Waals surface area contributed by atoms with Crippen LogP contribution in [0.2, 0.25) is 0 Å². The van der Waals surface area contributed by atoms with Gasteiger partial charge in [0.15, 0.2) is 5.78 Å². The Balaban J connectivity index is 2.30. The molecule has 1 saturated heterocycles. The van der Waals surface area contributed by atoms with E-state index >= 15 is 0 Å². The van der Waals surface area contributed by atoms with Crippen LogP contribution in [0.3, 0.4) is 0 Å². The summed E-state index contributed by atoms with van der Waals surface area (Å²) in [7, 11) is 3.38. The zero-order chi connectivity index (χ0) is 21.4. The molecule has 158 valence electrons. The highest BCUT2D eigenvalue weighted by atomic mass is 16.5. The second-order valence-electron chi connectivity index (χ2n) is 9.56. The number of carbonyl (C=O) groups excluding carboxylic acids is 3. The summed E-state index contributed by atoms with van der Waals surface area (Å²) in [5.41, 5.74) is -0.927. The maximum atomic E-state index is 13.4. The molecule has 1 heterocycles. The predicted octanol–water partition coefficient (Wildman–Crippen LogP) is 2.22. The van der Waals surface area contributed by atoms with Crippen molar-refractivity contribution >= 4 is 17.5 Å². The summed E-state index contributed by atoms with van der Waals surface area (Å²) in [6.45, 7) is 13.7. The number of carbonyl (C=O) groups is 3. The quantitative estimate of drug-likeness (QED) is 0.641. The molecule has 2 rings (SSSR count). The molecule has 1 amide bonds. The number of methoxy groups -OCH3 is 1. The third-order valence-corrected chi connectivity index (χ3v) is 6.72. The fraction of sp³-hybridized carbons (Fsp3) is 0.773. The number of ketones is 2. The Labute approximate surface area is 169 Å². The number of hydrogen-bond acceptors (Lipinski definition) is 5. The number of likely N-dealkylation sites (N-methyl/N-ethyl adjacent to an activating group) is 1. The van der Waals surface area contributed by atoms with Gasteiger partial charge in [-0.25, -0.2) is 0 Å². The number of nitrogens with one attached hydrogen (secondary N) is 1. The monoisotopic (exact) mass is 392 g/mol. The topological polar surface area (TPSA) is 75.7 Å². The van der Waals surface area contributed by atoms with Crippen molar-refractivity contribution in [3.63, 3.8) is 0 Å². The number of Topliss-reactive ketones (excluding diaryl/α,β-unsaturated/α-hetero) is 2. The highest BCUT2D eigenvalue weighted by Crippen LogP contribution is 2.57. The lowest BCUT2D eigenvalue weighted by Gasteiger charge is -2.35. The number of amides is 1. The minimum atomic E-state index is -0.634. The average Bonchev–Trinajstić information content (AvgIpc) is 3.21. The Hall–Kier alpha value is -1.53. The van der Waals surface area contributed by atoms with Gasteiger partial charge in [-0.2, -0.15) is 0 Å². The van der Waals surface area contributed by atoms with E-state index in [0.29, 0.717) is 13.0 Å². The number of nitrogens with zero attached hydrogens (tertiary/aromatic N) is 1. The van der Waals surface area contributed by atoms with Crippen LogP contribution >= 0.6 is 0 Å². The molecule has 6 atom stereocenters. The molecule has 1 aliphatic heterocycles. The zero-order valence-corrected chi connectivity index (χ0v) is 18.4. The Morgan fingerprint density at radius 2 is 1.96 bits per heavy atom. The van der Waals surface area contributed by atoms with Crippen LogP contribution in [0.1, 0.15) is 47.5 Å². The predicted molar refractivity (Wildman–Crippen MR) is 109 cm³/mol. The summed E-state index contributed by atoms with van der Waals surface area (Å²) in [5.74, 6) is -0.187. The van der Waals surface area contributed by atoms with Gasteiger partial charge in [0.2, 0.25) is 5.91 Å². The maximum absolute atomic E-state index is 13.4. The van der Waals surface area contributed by atoms with Crippen LogP contribution in [0.25, 0.3) is 0 Å². The standard InChI is InChI=1S/C22H36N2O4/c1-9-15-10-22(15,14(3)25)11-16(26)18-13(2)17(28-8)12-24(18)20(27)19(23-7)21(4,5)6/h9,13,15,17-19,23H,1,10-12H2,2-8H3/t13-,15+,17-,18-,19+,22-/m0/s1. The molecule has 1 aliphatic carbocycles. The first kappa shape index (κ1) is 22.8. The summed E-state index contributed by atoms with van der Waals surface area (Å²) in [6, 6.07) is -0.979. The molecule has 6 heteroatoms. The van der Waals surface area contributed by atoms with Gasteiger partial charge < -0.3 is 15.0 Å². The zero-order valence-electron chi connectivity index (χ0n) is 18.4. The Morgan fingerprint density at radius 3 is 2.36 bits per heavy atom. The summed E-state index contributed by atoms with van der Waals surface area (Å²) in [5, 5.41) is 3.11. The van der Waals surface area contributed by atoms with E-state index in [4.69, 9.17) is 4.74 Å². The molecule has 0 unspecified atom stereocenters. The molecule has 2 aliphatic rings. The minimum Gasteiger partial charge on any atom is -0.379 e. The summed E-state index contributed by atoms with van der Waals surface area (Å²) >= 11 is 0. The van der Waals surface area contributed by atoms with E-state index in [0.717, 1.165) is 0 Å². The van der Waals surface area contributed by atoms with Gasteiger partial charge in [0, 0.05) is 31.4 Å². The molecule has 1 N–H and O–H groups in total. The van der Waals surface area contributed by atoms with Crippen LogP contribution in [-0.4, -0.2) is 61.3 Å². The number of ether oxygens (including phenoxy) is 1. The van der Waals surface area contributed by atoms with E-state index in [1.165, 1.54) is 0 Å². The van der Waals surface area contributed by atoms with Gasteiger partial charge in [-0.05, 0) is 31.7 Å². The molecule has 6 nitrogen and oxygen atoms in total. The van der Waals surface area contributed by atoms with Crippen LogP contribution in [0.5, 0.6) is 0 Å². The van der Waals surface area contributed by atoms with Crippen molar-refractivity contribution in [1.82, 2.24) is 10.2 Å². The normalized spacial score (nSPS) is 33.5. The molecule has 28 heavy (non-hydrogen) atoms. The van der Waals surface area contributed by atoms with Crippen LogP contribution < -0.4 is 5.32 Å². The molecule has 0 aromatic rings. The van der Waals surface area contributed by atoms with E-state index in [1.807, 2.05) is 27.7 Å². The number of hydrogen-bond donors (Lipinski definition) is 1. The lowest BCUT2D eigenvalue weighted by atomic mass is 9.84. The fourth-order valence-electron chi connectivity index (χ4n) is 4.83. The third-order valence-electron chi connectivity index (χ3n) is 6.72. The van der Waals surface area contributed by atoms with Crippen molar-refractivity contribution in [2.75, 3.05) is 20.7 Å². The van der Waals surface area contributed by atoms with Crippen LogP contribution in [0.4, 0.5) is 0 Å². The molecule has 2 fully saturated rings. The smallest absolute Gasteiger partial charge is 0.240 e. The Kier molecular flexibility index (Phi) is 6.56. The van der Waals surface area contributed by atoms with Crippen LogP contribution in [-0.2, 0) is 19.1 Å². The molecular formula is C22H36N2O4. The average molecular weight is 393 g/mol. The Morgan fingerprint density at radius 1 is 1.36 bits per heavy atom. The first-order valence-corrected chi connectivity index (χ1v) is 10.1. The van der Waals surface area contributed by atoms with E-state index in [9.17, 15) is 14.4 Å².